The maximum absolute atomic E-state index is 12.2. The standard InChI is InChI=1S/C42H48O6/c1-4-5-6-7-30-8-10-31(11-9-30)32-12-13-34-21-35(15-14-33(34)20-32)36-16-17-38-23-39(19-18-37(38)22-36)40(26-47-41(45)28(2)24-43)27-48-42(46)29(3)25-44/h12-23,30-31,40,43-44H,2-11,24-27H2,1H3. The van der Waals surface area contributed by atoms with Crippen molar-refractivity contribution in [3.63, 3.8) is 0 Å². The van der Waals surface area contributed by atoms with Crippen LogP contribution >= 0.6 is 0 Å². The second-order valence-corrected chi connectivity index (χ2v) is 13.3. The number of carbonyl (C=O) groups excluding carboxylic acids is 2. The zero-order valence-corrected chi connectivity index (χ0v) is 28.1. The van der Waals surface area contributed by atoms with Crippen LogP contribution in [0.3, 0.4) is 0 Å². The number of aliphatic hydroxyl groups is 2. The Morgan fingerprint density at radius 3 is 1.79 bits per heavy atom. The van der Waals surface area contributed by atoms with Crippen LogP contribution in [0.15, 0.2) is 97.1 Å². The van der Waals surface area contributed by atoms with Crippen molar-refractivity contribution in [1.29, 1.82) is 0 Å². The predicted octanol–water partition coefficient (Wildman–Crippen LogP) is 8.78. The van der Waals surface area contributed by atoms with Gasteiger partial charge in [-0.3, -0.25) is 0 Å². The Morgan fingerprint density at radius 1 is 0.708 bits per heavy atom. The molecular weight excluding hydrogens is 600 g/mol. The van der Waals surface area contributed by atoms with Gasteiger partial charge in [-0.2, -0.15) is 0 Å². The molecule has 1 aliphatic carbocycles. The van der Waals surface area contributed by atoms with Gasteiger partial charge in [-0.1, -0.05) is 106 Å². The first-order valence-electron chi connectivity index (χ1n) is 17.3. The molecule has 6 nitrogen and oxygen atoms in total. The maximum Gasteiger partial charge on any atom is 0.335 e. The summed E-state index contributed by atoms with van der Waals surface area (Å²) in [5.41, 5.74) is 4.44. The van der Waals surface area contributed by atoms with Crippen molar-refractivity contribution < 1.29 is 29.3 Å². The van der Waals surface area contributed by atoms with E-state index in [1.54, 1.807) is 0 Å². The summed E-state index contributed by atoms with van der Waals surface area (Å²) in [6.07, 6.45) is 10.8. The lowest BCUT2D eigenvalue weighted by Crippen LogP contribution is -2.21. The average molecular weight is 649 g/mol. The van der Waals surface area contributed by atoms with Gasteiger partial charge in [0, 0.05) is 0 Å². The SMILES string of the molecule is C=C(CO)C(=O)OCC(COC(=O)C(=C)CO)c1ccc2cc(-c3ccc4cc(C5CCC(CCCCC)CC5)ccc4c3)ccc2c1. The van der Waals surface area contributed by atoms with Crippen molar-refractivity contribution in [3.8, 4) is 11.1 Å². The first-order chi connectivity index (χ1) is 23.3. The molecule has 0 heterocycles. The molecule has 0 saturated heterocycles. The molecule has 252 valence electrons. The average Bonchev–Trinajstić information content (AvgIpc) is 3.13. The molecule has 1 aliphatic rings. The summed E-state index contributed by atoms with van der Waals surface area (Å²) in [5, 5.41) is 23.0. The molecule has 1 fully saturated rings. The minimum Gasteiger partial charge on any atom is -0.461 e. The number of ether oxygens (including phenoxy) is 2. The normalized spacial score (nSPS) is 16.2. The third-order valence-corrected chi connectivity index (χ3v) is 9.86. The fraction of sp³-hybridized carbons (Fsp3) is 0.381. The van der Waals surface area contributed by atoms with Gasteiger partial charge in [0.15, 0.2) is 0 Å². The van der Waals surface area contributed by atoms with E-state index in [4.69, 9.17) is 9.47 Å². The highest BCUT2D eigenvalue weighted by molar-refractivity contribution is 5.92. The van der Waals surface area contributed by atoms with E-state index in [9.17, 15) is 19.8 Å². The molecular formula is C42H48O6. The maximum atomic E-state index is 12.2. The highest BCUT2D eigenvalue weighted by atomic mass is 16.5. The third-order valence-electron chi connectivity index (χ3n) is 9.86. The Morgan fingerprint density at radius 2 is 1.23 bits per heavy atom. The molecule has 0 radical (unpaired) electrons. The van der Waals surface area contributed by atoms with Gasteiger partial charge in [0.1, 0.15) is 13.2 Å². The minimum atomic E-state index is -0.717. The molecule has 4 aromatic carbocycles. The van der Waals surface area contributed by atoms with Crippen molar-refractivity contribution in [2.75, 3.05) is 26.4 Å². The molecule has 6 heteroatoms. The van der Waals surface area contributed by atoms with E-state index in [0.29, 0.717) is 5.92 Å². The van der Waals surface area contributed by atoms with Crippen LogP contribution in [0.25, 0.3) is 32.7 Å². The molecule has 0 bridgehead atoms. The van der Waals surface area contributed by atoms with Crippen LogP contribution in [0.1, 0.15) is 81.3 Å². The van der Waals surface area contributed by atoms with Gasteiger partial charge < -0.3 is 19.7 Å². The van der Waals surface area contributed by atoms with Crippen LogP contribution in [-0.2, 0) is 19.1 Å². The number of benzene rings is 4. The van der Waals surface area contributed by atoms with Crippen LogP contribution in [-0.4, -0.2) is 48.6 Å². The van der Waals surface area contributed by atoms with Gasteiger partial charge >= 0.3 is 11.9 Å². The second-order valence-electron chi connectivity index (χ2n) is 13.3. The van der Waals surface area contributed by atoms with Crippen molar-refractivity contribution in [3.05, 3.63) is 108 Å². The van der Waals surface area contributed by atoms with E-state index >= 15 is 0 Å². The second kappa shape index (κ2) is 16.7. The zero-order valence-electron chi connectivity index (χ0n) is 28.1. The molecule has 0 spiro atoms. The summed E-state index contributed by atoms with van der Waals surface area (Å²) in [7, 11) is 0. The van der Waals surface area contributed by atoms with Crippen LogP contribution in [0.4, 0.5) is 0 Å². The number of rotatable bonds is 15. The number of unbranched alkanes of at least 4 members (excludes halogenated alkanes) is 2. The van der Waals surface area contributed by atoms with Gasteiger partial charge in [-0.25, -0.2) is 9.59 Å². The highest BCUT2D eigenvalue weighted by Gasteiger charge is 2.23. The Hall–Kier alpha value is -4.26. The number of fused-ring (bicyclic) bond motifs is 2. The monoisotopic (exact) mass is 648 g/mol. The summed E-state index contributed by atoms with van der Waals surface area (Å²) in [6, 6.07) is 26.0. The Balaban J connectivity index is 1.30. The summed E-state index contributed by atoms with van der Waals surface area (Å²) in [4.78, 5) is 24.3. The van der Waals surface area contributed by atoms with E-state index in [0.717, 1.165) is 33.4 Å². The molecule has 0 amide bonds. The van der Waals surface area contributed by atoms with Gasteiger partial charge in [-0.05, 0) is 93.5 Å². The van der Waals surface area contributed by atoms with E-state index < -0.39 is 31.1 Å². The number of carbonyl (C=O) groups is 2. The molecule has 0 atom stereocenters. The summed E-state index contributed by atoms with van der Waals surface area (Å²) < 4.78 is 10.7. The molecule has 0 aliphatic heterocycles. The van der Waals surface area contributed by atoms with E-state index in [2.05, 4.69) is 74.7 Å². The number of esters is 2. The van der Waals surface area contributed by atoms with Crippen LogP contribution in [0.5, 0.6) is 0 Å². The molecule has 0 unspecified atom stereocenters. The van der Waals surface area contributed by atoms with Crippen molar-refractivity contribution in [2.24, 2.45) is 5.92 Å². The van der Waals surface area contributed by atoms with Crippen LogP contribution in [0.2, 0.25) is 0 Å². The fourth-order valence-corrected chi connectivity index (χ4v) is 6.79. The van der Waals surface area contributed by atoms with Crippen molar-refractivity contribution in [1.82, 2.24) is 0 Å². The first kappa shape index (κ1) is 35.1. The lowest BCUT2D eigenvalue weighted by atomic mass is 9.76. The van der Waals surface area contributed by atoms with E-state index in [1.807, 2.05) is 18.2 Å². The minimum absolute atomic E-state index is 0.0602. The zero-order chi connectivity index (χ0) is 34.0. The molecule has 5 rings (SSSR count). The highest BCUT2D eigenvalue weighted by Crippen LogP contribution is 2.39. The topological polar surface area (TPSA) is 93.1 Å². The Bertz CT molecular complexity index is 1730. The fourth-order valence-electron chi connectivity index (χ4n) is 6.79. The lowest BCUT2D eigenvalue weighted by molar-refractivity contribution is -0.142. The van der Waals surface area contributed by atoms with E-state index in [1.165, 1.54) is 67.7 Å². The first-order valence-corrected chi connectivity index (χ1v) is 17.3. The summed E-state index contributed by atoms with van der Waals surface area (Å²) in [6.45, 7) is 8.11. The smallest absolute Gasteiger partial charge is 0.335 e. The van der Waals surface area contributed by atoms with E-state index in [-0.39, 0.29) is 24.4 Å². The Kier molecular flexibility index (Phi) is 12.2. The van der Waals surface area contributed by atoms with Crippen molar-refractivity contribution in [2.45, 2.75) is 70.1 Å². The molecule has 1 saturated carbocycles. The quantitative estimate of drug-likeness (QED) is 0.0761. The molecule has 2 N–H and O–H groups in total. The number of aliphatic hydroxyl groups excluding tert-OH is 2. The largest absolute Gasteiger partial charge is 0.461 e. The molecule has 0 aromatic heterocycles. The van der Waals surface area contributed by atoms with Crippen LogP contribution < -0.4 is 0 Å². The van der Waals surface area contributed by atoms with Gasteiger partial charge in [-0.15, -0.1) is 0 Å². The summed E-state index contributed by atoms with van der Waals surface area (Å²) in [5.74, 6) is -0.333. The van der Waals surface area contributed by atoms with Gasteiger partial charge in [0.25, 0.3) is 0 Å². The number of hydrogen-bond acceptors (Lipinski definition) is 6. The lowest BCUT2D eigenvalue weighted by Gasteiger charge is -2.29. The Labute approximate surface area is 284 Å². The van der Waals surface area contributed by atoms with Crippen LogP contribution in [0, 0.1) is 5.92 Å². The van der Waals surface area contributed by atoms with Gasteiger partial charge in [0.2, 0.25) is 0 Å². The predicted molar refractivity (Wildman–Crippen MR) is 193 cm³/mol. The number of hydrogen-bond donors (Lipinski definition) is 2. The summed E-state index contributed by atoms with van der Waals surface area (Å²) >= 11 is 0. The third kappa shape index (κ3) is 8.80. The van der Waals surface area contributed by atoms with Crippen molar-refractivity contribution >= 4 is 33.5 Å². The molecule has 48 heavy (non-hydrogen) atoms. The van der Waals surface area contributed by atoms with Gasteiger partial charge in [0.05, 0.1) is 30.3 Å². The molecule has 4 aromatic rings.